The monoisotopic (exact) mass is 489 g/mol. The molecular weight excluding hydrogens is 480 g/mol. The van der Waals surface area contributed by atoms with Gasteiger partial charge in [0.05, 0.1) is 5.56 Å². The number of carbonyl (C=O) groups is 2. The number of aromatic nitrogens is 1. The zero-order valence-electron chi connectivity index (χ0n) is 15.9. The molecule has 2 aromatic carbocycles. The first-order chi connectivity index (χ1) is 15.5. The second kappa shape index (κ2) is 9.36. The summed E-state index contributed by atoms with van der Waals surface area (Å²) in [7, 11) is 0. The molecule has 0 unspecified atom stereocenters. The molecule has 1 aromatic heterocycles. The van der Waals surface area contributed by atoms with E-state index >= 15 is 0 Å². The third kappa shape index (κ3) is 5.71. The molecule has 0 aliphatic carbocycles. The SMILES string of the molecule is O=C(NC(=O)c1c(F)cccc1F)Nc1ccc(Oc2ncc(C(F)(F)F)cc2Cl)c(F)c1. The van der Waals surface area contributed by atoms with Gasteiger partial charge in [-0.15, -0.1) is 0 Å². The Morgan fingerprint density at radius 1 is 0.970 bits per heavy atom. The van der Waals surface area contributed by atoms with Gasteiger partial charge in [0.15, 0.2) is 11.6 Å². The van der Waals surface area contributed by atoms with E-state index in [0.717, 1.165) is 36.4 Å². The number of alkyl halides is 3. The van der Waals surface area contributed by atoms with Gasteiger partial charge in [-0.05, 0) is 30.3 Å². The third-order valence-electron chi connectivity index (χ3n) is 3.95. The third-order valence-corrected chi connectivity index (χ3v) is 4.22. The van der Waals surface area contributed by atoms with Crippen LogP contribution in [-0.2, 0) is 6.18 Å². The summed E-state index contributed by atoms with van der Waals surface area (Å²) in [6, 6.07) is 4.87. The van der Waals surface area contributed by atoms with Crippen molar-refractivity contribution in [2.75, 3.05) is 5.32 Å². The molecule has 13 heteroatoms. The van der Waals surface area contributed by atoms with Gasteiger partial charge in [-0.1, -0.05) is 17.7 Å². The predicted molar refractivity (Wildman–Crippen MR) is 104 cm³/mol. The molecule has 0 aliphatic rings. The molecule has 0 fully saturated rings. The molecule has 33 heavy (non-hydrogen) atoms. The molecule has 0 saturated heterocycles. The number of pyridine rings is 1. The summed E-state index contributed by atoms with van der Waals surface area (Å²) in [5.74, 6) is -5.81. The molecule has 3 amide bonds. The van der Waals surface area contributed by atoms with Crippen LogP contribution in [0.1, 0.15) is 15.9 Å². The number of imide groups is 1. The van der Waals surface area contributed by atoms with E-state index in [9.17, 15) is 35.9 Å². The van der Waals surface area contributed by atoms with E-state index in [-0.39, 0.29) is 5.69 Å². The molecule has 2 N–H and O–H groups in total. The number of halogens is 7. The van der Waals surface area contributed by atoms with Crippen LogP contribution < -0.4 is 15.4 Å². The van der Waals surface area contributed by atoms with Crippen LogP contribution in [-0.4, -0.2) is 16.9 Å². The van der Waals surface area contributed by atoms with Crippen molar-refractivity contribution in [2.24, 2.45) is 0 Å². The molecule has 0 aliphatic heterocycles. The van der Waals surface area contributed by atoms with Crippen molar-refractivity contribution >= 4 is 29.2 Å². The standard InChI is InChI=1S/C20H10ClF6N3O3/c21-11-6-9(20(25,26)27)8-28-18(11)33-15-5-4-10(7-14(15)24)29-19(32)30-17(31)16-12(22)2-1-3-13(16)23/h1-8H,(H2,29,30,31,32). The minimum atomic E-state index is -4.69. The molecule has 1 heterocycles. The number of urea groups is 1. The van der Waals surface area contributed by atoms with E-state index in [1.807, 2.05) is 0 Å². The van der Waals surface area contributed by atoms with Crippen LogP contribution in [0.4, 0.5) is 36.8 Å². The van der Waals surface area contributed by atoms with Crippen LogP contribution >= 0.6 is 11.6 Å². The second-order valence-electron chi connectivity index (χ2n) is 6.26. The fraction of sp³-hybridized carbons (Fsp3) is 0.0500. The highest BCUT2D eigenvalue weighted by Crippen LogP contribution is 2.35. The Morgan fingerprint density at radius 3 is 2.21 bits per heavy atom. The van der Waals surface area contributed by atoms with Crippen molar-refractivity contribution in [3.05, 3.63) is 82.3 Å². The molecule has 6 nitrogen and oxygen atoms in total. The lowest BCUT2D eigenvalue weighted by molar-refractivity contribution is -0.137. The van der Waals surface area contributed by atoms with Crippen molar-refractivity contribution in [2.45, 2.75) is 6.18 Å². The van der Waals surface area contributed by atoms with E-state index in [4.69, 9.17) is 16.3 Å². The molecule has 3 aromatic rings. The van der Waals surface area contributed by atoms with Crippen molar-refractivity contribution in [1.82, 2.24) is 10.3 Å². The average molecular weight is 490 g/mol. The molecule has 0 atom stereocenters. The fourth-order valence-electron chi connectivity index (χ4n) is 2.46. The highest BCUT2D eigenvalue weighted by atomic mass is 35.5. The summed E-state index contributed by atoms with van der Waals surface area (Å²) in [5.41, 5.74) is -2.30. The summed E-state index contributed by atoms with van der Waals surface area (Å²) in [6.07, 6.45) is -4.23. The molecule has 0 saturated carbocycles. The smallest absolute Gasteiger partial charge is 0.417 e. The minimum Gasteiger partial charge on any atom is -0.434 e. The summed E-state index contributed by atoms with van der Waals surface area (Å²) < 4.78 is 84.5. The molecule has 0 radical (unpaired) electrons. The van der Waals surface area contributed by atoms with Gasteiger partial charge in [0, 0.05) is 18.0 Å². The number of anilines is 1. The first-order valence-corrected chi connectivity index (χ1v) is 9.10. The molecular formula is C20H10ClF6N3O3. The highest BCUT2D eigenvalue weighted by molar-refractivity contribution is 6.31. The van der Waals surface area contributed by atoms with E-state index in [0.29, 0.717) is 12.3 Å². The quantitative estimate of drug-likeness (QED) is 0.445. The first-order valence-electron chi connectivity index (χ1n) is 8.72. The number of hydrogen-bond donors (Lipinski definition) is 2. The van der Waals surface area contributed by atoms with Crippen LogP contribution in [0.25, 0.3) is 0 Å². The summed E-state index contributed by atoms with van der Waals surface area (Å²) in [6.45, 7) is 0. The number of rotatable bonds is 4. The van der Waals surface area contributed by atoms with Crippen molar-refractivity contribution in [3.8, 4) is 11.6 Å². The second-order valence-corrected chi connectivity index (χ2v) is 6.67. The zero-order chi connectivity index (χ0) is 24.3. The Bertz CT molecular complexity index is 1220. The number of hydrogen-bond acceptors (Lipinski definition) is 4. The Hall–Kier alpha value is -3.80. The zero-order valence-corrected chi connectivity index (χ0v) is 16.7. The number of ether oxygens (including phenoxy) is 1. The number of benzene rings is 2. The van der Waals surface area contributed by atoms with Crippen LogP contribution in [0.5, 0.6) is 11.6 Å². The number of nitrogens with zero attached hydrogens (tertiary/aromatic N) is 1. The lowest BCUT2D eigenvalue weighted by Gasteiger charge is -2.12. The fourth-order valence-corrected chi connectivity index (χ4v) is 2.67. The van der Waals surface area contributed by atoms with E-state index < -0.39 is 63.3 Å². The largest absolute Gasteiger partial charge is 0.434 e. The molecule has 0 bridgehead atoms. The van der Waals surface area contributed by atoms with Gasteiger partial charge in [0.1, 0.15) is 22.2 Å². The van der Waals surface area contributed by atoms with Crippen LogP contribution in [0, 0.1) is 17.5 Å². The van der Waals surface area contributed by atoms with Gasteiger partial charge >= 0.3 is 12.2 Å². The summed E-state index contributed by atoms with van der Waals surface area (Å²) >= 11 is 5.70. The van der Waals surface area contributed by atoms with Gasteiger partial charge in [-0.25, -0.2) is 22.9 Å². The van der Waals surface area contributed by atoms with Gasteiger partial charge < -0.3 is 10.1 Å². The van der Waals surface area contributed by atoms with Crippen molar-refractivity contribution < 1.29 is 40.7 Å². The Balaban J connectivity index is 1.68. The van der Waals surface area contributed by atoms with Gasteiger partial charge in [0.25, 0.3) is 5.91 Å². The minimum absolute atomic E-state index is 0.189. The van der Waals surface area contributed by atoms with Crippen LogP contribution in [0.15, 0.2) is 48.7 Å². The Labute approximate surface area is 186 Å². The van der Waals surface area contributed by atoms with Crippen LogP contribution in [0.3, 0.4) is 0 Å². The summed E-state index contributed by atoms with van der Waals surface area (Å²) in [4.78, 5) is 27.2. The lowest BCUT2D eigenvalue weighted by Crippen LogP contribution is -2.35. The van der Waals surface area contributed by atoms with Crippen molar-refractivity contribution in [1.29, 1.82) is 0 Å². The maximum atomic E-state index is 14.3. The number of carbonyl (C=O) groups excluding carboxylic acids is 2. The van der Waals surface area contributed by atoms with E-state index in [2.05, 4.69) is 10.3 Å². The van der Waals surface area contributed by atoms with Gasteiger partial charge in [-0.2, -0.15) is 13.2 Å². The lowest BCUT2D eigenvalue weighted by atomic mass is 10.2. The normalized spacial score (nSPS) is 11.1. The van der Waals surface area contributed by atoms with E-state index in [1.165, 1.54) is 0 Å². The topological polar surface area (TPSA) is 80.3 Å². The predicted octanol–water partition coefficient (Wildman–Crippen LogP) is 5.93. The number of amides is 3. The number of nitrogens with one attached hydrogen (secondary N) is 2. The summed E-state index contributed by atoms with van der Waals surface area (Å²) in [5, 5.41) is 3.23. The van der Waals surface area contributed by atoms with E-state index in [1.54, 1.807) is 5.32 Å². The van der Waals surface area contributed by atoms with Crippen LogP contribution in [0.2, 0.25) is 5.02 Å². The van der Waals surface area contributed by atoms with Crippen molar-refractivity contribution in [3.63, 3.8) is 0 Å². The first kappa shape index (κ1) is 23.9. The van der Waals surface area contributed by atoms with Gasteiger partial charge in [0.2, 0.25) is 5.88 Å². The Kier molecular flexibility index (Phi) is 6.77. The molecule has 0 spiro atoms. The maximum absolute atomic E-state index is 14.3. The Morgan fingerprint density at radius 2 is 1.64 bits per heavy atom. The highest BCUT2D eigenvalue weighted by Gasteiger charge is 2.32. The maximum Gasteiger partial charge on any atom is 0.417 e. The average Bonchev–Trinajstić information content (AvgIpc) is 2.70. The van der Waals surface area contributed by atoms with Gasteiger partial charge in [-0.3, -0.25) is 10.1 Å². The molecule has 172 valence electrons. The molecule has 3 rings (SSSR count).